The number of anilines is 1. The van der Waals surface area contributed by atoms with Crippen molar-refractivity contribution >= 4 is 5.88 Å². The number of nitrogens with two attached hydrogens (primary N) is 1. The number of aryl methyl sites for hydroxylation is 1. The zero-order chi connectivity index (χ0) is 11.8. The SMILES string of the molecule is Nc1onc2c1C(c1ccccc1F)CCC2. The Balaban J connectivity index is 2.12. The molecule has 0 saturated heterocycles. The lowest BCUT2D eigenvalue weighted by atomic mass is 9.81. The van der Waals surface area contributed by atoms with Crippen molar-refractivity contribution in [3.8, 4) is 0 Å². The van der Waals surface area contributed by atoms with Crippen molar-refractivity contribution in [3.05, 3.63) is 46.9 Å². The van der Waals surface area contributed by atoms with Crippen LogP contribution < -0.4 is 5.73 Å². The average Bonchev–Trinajstić information content (AvgIpc) is 2.72. The van der Waals surface area contributed by atoms with Crippen LogP contribution in [0.2, 0.25) is 0 Å². The minimum Gasteiger partial charge on any atom is -0.367 e. The first-order chi connectivity index (χ1) is 8.27. The third kappa shape index (κ3) is 1.60. The molecule has 3 nitrogen and oxygen atoms in total. The summed E-state index contributed by atoms with van der Waals surface area (Å²) in [6, 6.07) is 6.82. The second-order valence-corrected chi connectivity index (χ2v) is 4.37. The Morgan fingerprint density at radius 2 is 2.18 bits per heavy atom. The summed E-state index contributed by atoms with van der Waals surface area (Å²) in [4.78, 5) is 0. The molecule has 1 aromatic heterocycles. The number of hydrogen-bond acceptors (Lipinski definition) is 3. The summed E-state index contributed by atoms with van der Waals surface area (Å²) in [5.41, 5.74) is 8.22. The van der Waals surface area contributed by atoms with Crippen LogP contribution in [0.25, 0.3) is 0 Å². The van der Waals surface area contributed by atoms with Gasteiger partial charge >= 0.3 is 0 Å². The Morgan fingerprint density at radius 3 is 3.00 bits per heavy atom. The van der Waals surface area contributed by atoms with Crippen LogP contribution in [0.5, 0.6) is 0 Å². The van der Waals surface area contributed by atoms with Crippen LogP contribution in [-0.4, -0.2) is 5.16 Å². The number of benzene rings is 1. The molecule has 0 saturated carbocycles. The lowest BCUT2D eigenvalue weighted by molar-refractivity contribution is 0.427. The smallest absolute Gasteiger partial charge is 0.226 e. The molecule has 1 aromatic carbocycles. The first-order valence-corrected chi connectivity index (χ1v) is 5.75. The van der Waals surface area contributed by atoms with Gasteiger partial charge in [-0.25, -0.2) is 4.39 Å². The number of rotatable bonds is 1. The summed E-state index contributed by atoms with van der Waals surface area (Å²) < 4.78 is 18.8. The van der Waals surface area contributed by atoms with E-state index < -0.39 is 0 Å². The lowest BCUT2D eigenvalue weighted by Gasteiger charge is -2.21. The molecule has 1 heterocycles. The molecule has 0 bridgehead atoms. The van der Waals surface area contributed by atoms with Gasteiger partial charge in [0, 0.05) is 11.5 Å². The minimum absolute atomic E-state index is 0.0220. The Kier molecular flexibility index (Phi) is 2.35. The molecule has 17 heavy (non-hydrogen) atoms. The zero-order valence-corrected chi connectivity index (χ0v) is 9.32. The van der Waals surface area contributed by atoms with E-state index in [0.29, 0.717) is 11.4 Å². The standard InChI is InChI=1S/C13H13FN2O/c14-10-6-2-1-4-8(10)9-5-3-7-11-12(9)13(15)17-16-11/h1-2,4,6,9H,3,5,7,15H2. The maximum Gasteiger partial charge on any atom is 0.226 e. The van der Waals surface area contributed by atoms with Crippen LogP contribution >= 0.6 is 0 Å². The topological polar surface area (TPSA) is 52.0 Å². The van der Waals surface area contributed by atoms with Gasteiger partial charge in [-0.05, 0) is 30.9 Å². The van der Waals surface area contributed by atoms with Crippen LogP contribution in [0.4, 0.5) is 10.3 Å². The molecule has 0 aliphatic heterocycles. The predicted octanol–water partition coefficient (Wildman–Crippen LogP) is 2.86. The van der Waals surface area contributed by atoms with Gasteiger partial charge in [0.2, 0.25) is 5.88 Å². The summed E-state index contributed by atoms with van der Waals surface area (Å²) in [7, 11) is 0. The van der Waals surface area contributed by atoms with Gasteiger partial charge in [-0.1, -0.05) is 23.4 Å². The Labute approximate surface area is 98.4 Å². The number of hydrogen-bond donors (Lipinski definition) is 1. The van der Waals surface area contributed by atoms with Crippen molar-refractivity contribution in [1.82, 2.24) is 5.16 Å². The Morgan fingerprint density at radius 1 is 1.35 bits per heavy atom. The first kappa shape index (κ1) is 10.3. The minimum atomic E-state index is -0.189. The molecule has 4 heteroatoms. The van der Waals surface area contributed by atoms with E-state index in [-0.39, 0.29) is 11.7 Å². The molecule has 1 unspecified atom stereocenters. The van der Waals surface area contributed by atoms with E-state index in [1.807, 2.05) is 12.1 Å². The van der Waals surface area contributed by atoms with E-state index in [1.165, 1.54) is 6.07 Å². The van der Waals surface area contributed by atoms with E-state index in [4.69, 9.17) is 10.3 Å². The molecule has 0 amide bonds. The van der Waals surface area contributed by atoms with E-state index >= 15 is 0 Å². The summed E-state index contributed by atoms with van der Waals surface area (Å²) in [6.45, 7) is 0. The van der Waals surface area contributed by atoms with Crippen molar-refractivity contribution in [1.29, 1.82) is 0 Å². The highest BCUT2D eigenvalue weighted by Crippen LogP contribution is 2.40. The van der Waals surface area contributed by atoms with E-state index in [2.05, 4.69) is 5.16 Å². The average molecular weight is 232 g/mol. The molecule has 1 aliphatic carbocycles. The molecule has 1 atom stereocenters. The summed E-state index contributed by atoms with van der Waals surface area (Å²) >= 11 is 0. The molecule has 1 aliphatic rings. The van der Waals surface area contributed by atoms with Crippen LogP contribution in [0.1, 0.15) is 35.6 Å². The lowest BCUT2D eigenvalue weighted by Crippen LogP contribution is -2.12. The van der Waals surface area contributed by atoms with Crippen LogP contribution in [0.15, 0.2) is 28.8 Å². The number of aromatic nitrogens is 1. The highest BCUT2D eigenvalue weighted by molar-refractivity contribution is 5.48. The van der Waals surface area contributed by atoms with Crippen molar-refractivity contribution in [2.24, 2.45) is 0 Å². The maximum absolute atomic E-state index is 13.8. The van der Waals surface area contributed by atoms with Crippen molar-refractivity contribution < 1.29 is 8.91 Å². The molecule has 2 N–H and O–H groups in total. The Bertz CT molecular complexity index is 550. The molecular weight excluding hydrogens is 219 g/mol. The fraction of sp³-hybridized carbons (Fsp3) is 0.308. The van der Waals surface area contributed by atoms with Gasteiger partial charge < -0.3 is 10.3 Å². The number of nitrogens with zero attached hydrogens (tertiary/aromatic N) is 1. The maximum atomic E-state index is 13.8. The molecule has 88 valence electrons. The van der Waals surface area contributed by atoms with Crippen LogP contribution in [-0.2, 0) is 6.42 Å². The molecule has 0 fully saturated rings. The van der Waals surface area contributed by atoms with Crippen molar-refractivity contribution in [2.45, 2.75) is 25.2 Å². The molecule has 0 radical (unpaired) electrons. The molecule has 2 aromatic rings. The third-order valence-corrected chi connectivity index (χ3v) is 3.37. The summed E-state index contributed by atoms with van der Waals surface area (Å²) in [5.74, 6) is 0.116. The fourth-order valence-electron chi connectivity index (χ4n) is 2.58. The molecule has 3 rings (SSSR count). The van der Waals surface area contributed by atoms with Crippen molar-refractivity contribution in [2.75, 3.05) is 5.73 Å². The largest absolute Gasteiger partial charge is 0.367 e. The summed E-state index contributed by atoms with van der Waals surface area (Å²) in [6.07, 6.45) is 2.73. The fourth-order valence-corrected chi connectivity index (χ4v) is 2.58. The monoisotopic (exact) mass is 232 g/mol. The number of fused-ring (bicyclic) bond motifs is 1. The van der Waals surface area contributed by atoms with Crippen LogP contribution in [0, 0.1) is 5.82 Å². The summed E-state index contributed by atoms with van der Waals surface area (Å²) in [5, 5.41) is 3.94. The number of halogens is 1. The number of nitrogen functional groups attached to an aromatic ring is 1. The second-order valence-electron chi connectivity index (χ2n) is 4.37. The van der Waals surface area contributed by atoms with E-state index in [1.54, 1.807) is 6.07 Å². The van der Waals surface area contributed by atoms with Gasteiger partial charge in [-0.15, -0.1) is 0 Å². The predicted molar refractivity (Wildman–Crippen MR) is 62.1 cm³/mol. The van der Waals surface area contributed by atoms with Gasteiger partial charge in [0.05, 0.1) is 5.69 Å². The zero-order valence-electron chi connectivity index (χ0n) is 9.32. The van der Waals surface area contributed by atoms with Gasteiger partial charge in [0.15, 0.2) is 0 Å². The highest BCUT2D eigenvalue weighted by atomic mass is 19.1. The Hall–Kier alpha value is -1.84. The van der Waals surface area contributed by atoms with Crippen molar-refractivity contribution in [3.63, 3.8) is 0 Å². The van der Waals surface area contributed by atoms with Gasteiger partial charge in [0.25, 0.3) is 0 Å². The normalized spacial score (nSPS) is 19.0. The highest BCUT2D eigenvalue weighted by Gasteiger charge is 2.29. The molecular formula is C13H13FN2O. The quantitative estimate of drug-likeness (QED) is 0.822. The van der Waals surface area contributed by atoms with E-state index in [9.17, 15) is 4.39 Å². The first-order valence-electron chi connectivity index (χ1n) is 5.75. The van der Waals surface area contributed by atoms with E-state index in [0.717, 1.165) is 30.5 Å². The van der Waals surface area contributed by atoms with Gasteiger partial charge in [0.1, 0.15) is 5.82 Å². The van der Waals surface area contributed by atoms with Gasteiger partial charge in [-0.2, -0.15) is 0 Å². The van der Waals surface area contributed by atoms with Gasteiger partial charge in [-0.3, -0.25) is 0 Å². The third-order valence-electron chi connectivity index (χ3n) is 3.37. The van der Waals surface area contributed by atoms with Crippen LogP contribution in [0.3, 0.4) is 0 Å². The molecule has 0 spiro atoms. The second kappa shape index (κ2) is 3.87.